The molecule has 1 atom stereocenters. The van der Waals surface area contributed by atoms with Crippen LogP contribution in [0, 0.1) is 11.2 Å². The van der Waals surface area contributed by atoms with Gasteiger partial charge in [0.05, 0.1) is 17.6 Å². The minimum absolute atomic E-state index is 0. The van der Waals surface area contributed by atoms with Gasteiger partial charge in [0.25, 0.3) is 0 Å². The highest BCUT2D eigenvalue weighted by atomic mass is 35.5. The van der Waals surface area contributed by atoms with E-state index < -0.39 is 22.6 Å². The average molecular weight is 454 g/mol. The molecule has 11 heteroatoms. The zero-order valence-corrected chi connectivity index (χ0v) is 18.1. The SMILES string of the molecule is CCON=C1CN(c2nc3c(cc2F)c(=O)c(C(=O)O)cn3C2CC2)CC1(C)CN.Cl. The molecule has 31 heavy (non-hydrogen) atoms. The van der Waals surface area contributed by atoms with Gasteiger partial charge < -0.3 is 25.1 Å². The third-order valence-electron chi connectivity index (χ3n) is 5.74. The fraction of sp³-hybridized carbons (Fsp3) is 0.500. The lowest BCUT2D eigenvalue weighted by molar-refractivity contribution is 0.0695. The first-order valence-electron chi connectivity index (χ1n) is 9.92. The van der Waals surface area contributed by atoms with Gasteiger partial charge in [0.2, 0.25) is 5.43 Å². The summed E-state index contributed by atoms with van der Waals surface area (Å²) in [6.45, 7) is 5.16. The van der Waals surface area contributed by atoms with Crippen LogP contribution in [-0.4, -0.2) is 52.6 Å². The molecule has 0 aromatic carbocycles. The summed E-state index contributed by atoms with van der Waals surface area (Å²) in [6.07, 6.45) is 3.02. The molecule has 0 amide bonds. The molecule has 1 saturated carbocycles. The number of nitrogens with two attached hydrogens (primary N) is 1. The van der Waals surface area contributed by atoms with Crippen molar-refractivity contribution in [2.24, 2.45) is 16.3 Å². The highest BCUT2D eigenvalue weighted by Crippen LogP contribution is 2.38. The summed E-state index contributed by atoms with van der Waals surface area (Å²) >= 11 is 0. The second-order valence-corrected chi connectivity index (χ2v) is 8.06. The van der Waals surface area contributed by atoms with Gasteiger partial charge in [-0.05, 0) is 25.8 Å². The van der Waals surface area contributed by atoms with E-state index in [0.29, 0.717) is 32.0 Å². The number of fused-ring (bicyclic) bond motifs is 1. The van der Waals surface area contributed by atoms with Crippen LogP contribution < -0.4 is 16.1 Å². The Balaban J connectivity index is 0.00000272. The summed E-state index contributed by atoms with van der Waals surface area (Å²) in [5, 5.41) is 13.5. The number of hydrogen-bond donors (Lipinski definition) is 2. The molecule has 3 N–H and O–H groups in total. The Hall–Kier alpha value is -2.72. The summed E-state index contributed by atoms with van der Waals surface area (Å²) in [4.78, 5) is 35.5. The van der Waals surface area contributed by atoms with Crippen LogP contribution in [0.1, 0.15) is 43.1 Å². The molecule has 168 valence electrons. The number of halogens is 2. The predicted molar refractivity (Wildman–Crippen MR) is 117 cm³/mol. The number of pyridine rings is 2. The van der Waals surface area contributed by atoms with Crippen LogP contribution in [0.15, 0.2) is 22.2 Å². The molecule has 2 aromatic rings. The number of nitrogens with zero attached hydrogens (tertiary/aromatic N) is 4. The number of carboxylic acid groups (broad SMARTS) is 1. The summed E-state index contributed by atoms with van der Waals surface area (Å²) < 4.78 is 16.7. The standard InChI is InChI=1S/C20H24FN5O4.ClH/c1-3-30-24-15-8-25(10-20(15,2)9-22)18-14(21)6-12-16(27)13(19(28)29)7-26(11-4-5-11)17(12)23-18;/h6-7,11H,3-5,8-10,22H2,1-2H3,(H,28,29);1H. The van der Waals surface area contributed by atoms with Crippen molar-refractivity contribution in [3.8, 4) is 0 Å². The van der Waals surface area contributed by atoms with Gasteiger partial charge in [0.1, 0.15) is 17.8 Å². The van der Waals surface area contributed by atoms with E-state index in [1.165, 1.54) is 6.20 Å². The molecular weight excluding hydrogens is 429 g/mol. The van der Waals surface area contributed by atoms with Crippen LogP contribution in [0.2, 0.25) is 0 Å². The monoisotopic (exact) mass is 453 g/mol. The molecule has 1 unspecified atom stereocenters. The topological polar surface area (TPSA) is 123 Å². The van der Waals surface area contributed by atoms with Crippen molar-refractivity contribution in [3.05, 3.63) is 33.9 Å². The number of rotatable bonds is 6. The lowest BCUT2D eigenvalue weighted by Crippen LogP contribution is -2.36. The number of aromatic nitrogens is 2. The van der Waals surface area contributed by atoms with E-state index in [1.807, 2.05) is 13.8 Å². The predicted octanol–water partition coefficient (Wildman–Crippen LogP) is 2.17. The van der Waals surface area contributed by atoms with Gasteiger partial charge >= 0.3 is 5.97 Å². The molecule has 3 heterocycles. The number of carboxylic acids is 1. The molecular formula is C20H25ClFN5O4. The average Bonchev–Trinajstić information content (AvgIpc) is 3.50. The van der Waals surface area contributed by atoms with Crippen molar-refractivity contribution < 1.29 is 19.1 Å². The van der Waals surface area contributed by atoms with Crippen LogP contribution in [0.4, 0.5) is 10.2 Å². The van der Waals surface area contributed by atoms with Crippen LogP contribution >= 0.6 is 12.4 Å². The van der Waals surface area contributed by atoms with E-state index in [2.05, 4.69) is 10.1 Å². The van der Waals surface area contributed by atoms with E-state index in [0.717, 1.165) is 18.9 Å². The van der Waals surface area contributed by atoms with Gasteiger partial charge in [0, 0.05) is 30.7 Å². The van der Waals surface area contributed by atoms with E-state index in [9.17, 15) is 14.7 Å². The minimum Gasteiger partial charge on any atom is -0.477 e. The quantitative estimate of drug-likeness (QED) is 0.642. The molecule has 0 bridgehead atoms. The Kier molecular flexibility index (Phi) is 6.24. The first-order chi connectivity index (χ1) is 14.3. The highest BCUT2D eigenvalue weighted by Gasteiger charge is 2.41. The maximum absolute atomic E-state index is 15.1. The van der Waals surface area contributed by atoms with Gasteiger partial charge in [-0.3, -0.25) is 4.79 Å². The van der Waals surface area contributed by atoms with Crippen molar-refractivity contribution in [3.63, 3.8) is 0 Å². The lowest BCUT2D eigenvalue weighted by Gasteiger charge is -2.23. The van der Waals surface area contributed by atoms with Crippen LogP contribution in [-0.2, 0) is 4.84 Å². The summed E-state index contributed by atoms with van der Waals surface area (Å²) in [6, 6.07) is 1.14. The largest absolute Gasteiger partial charge is 0.477 e. The smallest absolute Gasteiger partial charge is 0.341 e. The summed E-state index contributed by atoms with van der Waals surface area (Å²) in [5.74, 6) is -1.95. The molecule has 1 aliphatic heterocycles. The second-order valence-electron chi connectivity index (χ2n) is 8.06. The Morgan fingerprint density at radius 3 is 2.77 bits per heavy atom. The van der Waals surface area contributed by atoms with Crippen LogP contribution in [0.5, 0.6) is 0 Å². The number of anilines is 1. The van der Waals surface area contributed by atoms with Gasteiger partial charge in [-0.25, -0.2) is 14.2 Å². The van der Waals surface area contributed by atoms with Gasteiger partial charge in [-0.1, -0.05) is 12.1 Å². The normalized spacial score (nSPS) is 22.1. The van der Waals surface area contributed by atoms with E-state index in [-0.39, 0.29) is 40.9 Å². The molecule has 2 fully saturated rings. The third kappa shape index (κ3) is 3.97. The number of oxime groups is 1. The van der Waals surface area contributed by atoms with Crippen molar-refractivity contribution in [1.29, 1.82) is 0 Å². The Labute approximate surface area is 184 Å². The van der Waals surface area contributed by atoms with Gasteiger partial charge in [-0.15, -0.1) is 12.4 Å². The summed E-state index contributed by atoms with van der Waals surface area (Å²) in [5.41, 5.74) is 5.33. The van der Waals surface area contributed by atoms with Crippen molar-refractivity contribution in [1.82, 2.24) is 9.55 Å². The Bertz CT molecular complexity index is 1120. The van der Waals surface area contributed by atoms with Crippen molar-refractivity contribution in [2.75, 3.05) is 31.1 Å². The zero-order chi connectivity index (χ0) is 21.6. The molecule has 9 nitrogen and oxygen atoms in total. The molecule has 0 radical (unpaired) electrons. The number of carbonyl (C=O) groups is 1. The van der Waals surface area contributed by atoms with E-state index in [1.54, 1.807) is 9.47 Å². The lowest BCUT2D eigenvalue weighted by atomic mass is 9.88. The van der Waals surface area contributed by atoms with Gasteiger partial charge in [0.15, 0.2) is 11.6 Å². The number of aromatic carboxylic acids is 1. The van der Waals surface area contributed by atoms with E-state index in [4.69, 9.17) is 10.6 Å². The fourth-order valence-electron chi connectivity index (χ4n) is 3.80. The van der Waals surface area contributed by atoms with Crippen LogP contribution in [0.3, 0.4) is 0 Å². The molecule has 1 aliphatic carbocycles. The Morgan fingerprint density at radius 2 is 2.19 bits per heavy atom. The summed E-state index contributed by atoms with van der Waals surface area (Å²) in [7, 11) is 0. The van der Waals surface area contributed by atoms with Crippen molar-refractivity contribution in [2.45, 2.75) is 32.7 Å². The fourth-order valence-corrected chi connectivity index (χ4v) is 3.80. The number of hydrogen-bond acceptors (Lipinski definition) is 7. The maximum Gasteiger partial charge on any atom is 0.341 e. The molecule has 2 aliphatic rings. The maximum atomic E-state index is 15.1. The third-order valence-corrected chi connectivity index (χ3v) is 5.74. The Morgan fingerprint density at radius 1 is 1.48 bits per heavy atom. The first kappa shape index (κ1) is 23.0. The zero-order valence-electron chi connectivity index (χ0n) is 17.3. The minimum atomic E-state index is -1.34. The molecule has 1 saturated heterocycles. The van der Waals surface area contributed by atoms with Crippen molar-refractivity contribution >= 4 is 40.9 Å². The second kappa shape index (κ2) is 8.43. The first-order valence-corrected chi connectivity index (χ1v) is 9.92. The molecule has 2 aromatic heterocycles. The molecule has 4 rings (SSSR count). The van der Waals surface area contributed by atoms with E-state index >= 15 is 4.39 Å². The van der Waals surface area contributed by atoms with Crippen LogP contribution in [0.25, 0.3) is 11.0 Å². The highest BCUT2D eigenvalue weighted by molar-refractivity contribution is 5.97. The molecule has 0 spiro atoms. The van der Waals surface area contributed by atoms with Gasteiger partial charge in [-0.2, -0.15) is 0 Å².